The molecule has 26 heavy (non-hydrogen) atoms. The highest BCUT2D eigenvalue weighted by Gasteiger charge is 2.26. The summed E-state index contributed by atoms with van der Waals surface area (Å²) in [5, 5.41) is 2.78. The Labute approximate surface area is 155 Å². The van der Waals surface area contributed by atoms with Crippen molar-refractivity contribution in [2.75, 3.05) is 13.2 Å². The highest BCUT2D eigenvalue weighted by molar-refractivity contribution is 5.87. The van der Waals surface area contributed by atoms with Gasteiger partial charge in [0.15, 0.2) is 6.61 Å². The van der Waals surface area contributed by atoms with Crippen LogP contribution in [0.4, 0.5) is 0 Å². The molecular formula is C21H26N2O3. The molecule has 0 aliphatic carbocycles. The molecule has 5 heteroatoms. The minimum absolute atomic E-state index is 0.111. The fraction of sp³-hybridized carbons (Fsp3) is 0.333. The van der Waals surface area contributed by atoms with Crippen molar-refractivity contribution < 1.29 is 14.3 Å². The summed E-state index contributed by atoms with van der Waals surface area (Å²) in [4.78, 5) is 26.7. The third kappa shape index (κ3) is 5.34. The maximum absolute atomic E-state index is 12.8. The van der Waals surface area contributed by atoms with Crippen LogP contribution in [0.15, 0.2) is 54.6 Å². The topological polar surface area (TPSA) is 58.6 Å². The van der Waals surface area contributed by atoms with Gasteiger partial charge in [0.25, 0.3) is 5.91 Å². The number of nitrogens with zero attached hydrogens (tertiary/aromatic N) is 1. The predicted octanol–water partition coefficient (Wildman–Crippen LogP) is 2.93. The molecule has 0 saturated heterocycles. The largest absolute Gasteiger partial charge is 0.484 e. The molecule has 0 fully saturated rings. The first-order valence-corrected chi connectivity index (χ1v) is 8.82. The van der Waals surface area contributed by atoms with Crippen molar-refractivity contribution in [3.63, 3.8) is 0 Å². The van der Waals surface area contributed by atoms with Gasteiger partial charge in [-0.2, -0.15) is 0 Å². The third-order valence-electron chi connectivity index (χ3n) is 4.23. The maximum atomic E-state index is 12.8. The molecule has 0 radical (unpaired) electrons. The fourth-order valence-electron chi connectivity index (χ4n) is 2.62. The van der Waals surface area contributed by atoms with Gasteiger partial charge in [-0.1, -0.05) is 42.5 Å². The zero-order valence-electron chi connectivity index (χ0n) is 15.6. The van der Waals surface area contributed by atoms with Crippen LogP contribution in [0.3, 0.4) is 0 Å². The lowest BCUT2D eigenvalue weighted by Crippen LogP contribution is -2.49. The molecule has 2 aromatic rings. The van der Waals surface area contributed by atoms with E-state index in [2.05, 4.69) is 5.32 Å². The number of carbonyl (C=O) groups excluding carboxylic acids is 2. The zero-order valence-corrected chi connectivity index (χ0v) is 15.6. The molecular weight excluding hydrogens is 328 g/mol. The van der Waals surface area contributed by atoms with Crippen LogP contribution in [0.1, 0.15) is 25.0 Å². The molecule has 0 saturated carbocycles. The number of benzene rings is 2. The number of likely N-dealkylation sites (N-methyl/N-ethyl adjacent to an activating group) is 1. The van der Waals surface area contributed by atoms with Gasteiger partial charge in [0.05, 0.1) is 0 Å². The van der Waals surface area contributed by atoms with E-state index in [1.165, 1.54) is 0 Å². The average molecular weight is 354 g/mol. The molecule has 0 aliphatic rings. The Kier molecular flexibility index (Phi) is 7.21. The number of para-hydroxylation sites is 1. The van der Waals surface area contributed by atoms with Crippen molar-refractivity contribution in [2.45, 2.75) is 33.4 Å². The van der Waals surface area contributed by atoms with Crippen LogP contribution in [-0.2, 0) is 16.1 Å². The van der Waals surface area contributed by atoms with Crippen molar-refractivity contribution in [3.8, 4) is 5.75 Å². The molecule has 1 atom stereocenters. The van der Waals surface area contributed by atoms with Gasteiger partial charge in [-0.3, -0.25) is 9.59 Å². The number of rotatable bonds is 8. The van der Waals surface area contributed by atoms with Crippen molar-refractivity contribution in [1.82, 2.24) is 10.2 Å². The van der Waals surface area contributed by atoms with Crippen molar-refractivity contribution >= 4 is 11.8 Å². The van der Waals surface area contributed by atoms with E-state index in [0.29, 0.717) is 18.8 Å². The summed E-state index contributed by atoms with van der Waals surface area (Å²) in [6.45, 7) is 6.37. The van der Waals surface area contributed by atoms with Crippen LogP contribution < -0.4 is 10.1 Å². The number of amides is 2. The molecule has 0 aromatic heterocycles. The fourth-order valence-corrected chi connectivity index (χ4v) is 2.62. The van der Waals surface area contributed by atoms with Crippen LogP contribution in [0.5, 0.6) is 5.75 Å². The standard InChI is InChI=1S/C21H26N2O3/c1-4-22-21(25)17(3)23(14-18-11-9-8-10-16(18)2)20(24)15-26-19-12-6-5-7-13-19/h5-13,17H,4,14-15H2,1-3H3,(H,22,25). The number of aryl methyl sites for hydroxylation is 1. The summed E-state index contributed by atoms with van der Waals surface area (Å²) in [5.41, 5.74) is 2.09. The lowest BCUT2D eigenvalue weighted by molar-refractivity contribution is -0.142. The van der Waals surface area contributed by atoms with Crippen molar-refractivity contribution in [2.24, 2.45) is 0 Å². The second kappa shape index (κ2) is 9.61. The molecule has 2 amide bonds. The Morgan fingerprint density at radius 1 is 1.08 bits per heavy atom. The van der Waals surface area contributed by atoms with E-state index in [1.54, 1.807) is 24.0 Å². The Bertz CT molecular complexity index is 731. The van der Waals surface area contributed by atoms with Gasteiger partial charge in [0, 0.05) is 13.1 Å². The number of ether oxygens (including phenoxy) is 1. The number of hydrogen-bond donors (Lipinski definition) is 1. The summed E-state index contributed by atoms with van der Waals surface area (Å²) in [7, 11) is 0. The van der Waals surface area contributed by atoms with E-state index in [0.717, 1.165) is 11.1 Å². The van der Waals surface area contributed by atoms with Gasteiger partial charge in [-0.15, -0.1) is 0 Å². The summed E-state index contributed by atoms with van der Waals surface area (Å²) in [6, 6.07) is 16.5. The highest BCUT2D eigenvalue weighted by Crippen LogP contribution is 2.15. The number of nitrogens with one attached hydrogen (secondary N) is 1. The number of hydrogen-bond acceptors (Lipinski definition) is 3. The molecule has 0 spiro atoms. The second-order valence-electron chi connectivity index (χ2n) is 6.12. The first kappa shape index (κ1) is 19.5. The average Bonchev–Trinajstić information content (AvgIpc) is 2.66. The molecule has 0 heterocycles. The zero-order chi connectivity index (χ0) is 18.9. The van der Waals surface area contributed by atoms with Gasteiger partial charge in [-0.25, -0.2) is 0 Å². The first-order valence-electron chi connectivity index (χ1n) is 8.82. The maximum Gasteiger partial charge on any atom is 0.261 e. The summed E-state index contributed by atoms with van der Waals surface area (Å²) in [6.07, 6.45) is 0. The molecule has 0 bridgehead atoms. The highest BCUT2D eigenvalue weighted by atomic mass is 16.5. The van der Waals surface area contributed by atoms with Crippen molar-refractivity contribution in [3.05, 3.63) is 65.7 Å². The normalized spacial score (nSPS) is 11.5. The van der Waals surface area contributed by atoms with E-state index >= 15 is 0 Å². The Hall–Kier alpha value is -2.82. The molecule has 2 aromatic carbocycles. The summed E-state index contributed by atoms with van der Waals surface area (Å²) < 4.78 is 5.58. The molecule has 1 unspecified atom stereocenters. The van der Waals surface area contributed by atoms with Crippen LogP contribution in [0, 0.1) is 6.92 Å². The van der Waals surface area contributed by atoms with E-state index in [-0.39, 0.29) is 18.4 Å². The van der Waals surface area contributed by atoms with Crippen molar-refractivity contribution in [1.29, 1.82) is 0 Å². The minimum atomic E-state index is -0.582. The van der Waals surface area contributed by atoms with Crippen LogP contribution in [0.25, 0.3) is 0 Å². The third-order valence-corrected chi connectivity index (χ3v) is 4.23. The molecule has 1 N–H and O–H groups in total. The lowest BCUT2D eigenvalue weighted by atomic mass is 10.1. The molecule has 5 nitrogen and oxygen atoms in total. The van der Waals surface area contributed by atoms with Gasteiger partial charge in [0.2, 0.25) is 5.91 Å². The summed E-state index contributed by atoms with van der Waals surface area (Å²) >= 11 is 0. The van der Waals surface area contributed by atoms with Gasteiger partial charge >= 0.3 is 0 Å². The SMILES string of the molecule is CCNC(=O)C(C)N(Cc1ccccc1C)C(=O)COc1ccccc1. The molecule has 2 rings (SSSR count). The Balaban J connectivity index is 2.14. The minimum Gasteiger partial charge on any atom is -0.484 e. The molecule has 0 aliphatic heterocycles. The Morgan fingerprint density at radius 2 is 1.73 bits per heavy atom. The first-order chi connectivity index (χ1) is 12.5. The monoisotopic (exact) mass is 354 g/mol. The van der Waals surface area contributed by atoms with Gasteiger partial charge in [-0.05, 0) is 44.0 Å². The van der Waals surface area contributed by atoms with E-state index in [4.69, 9.17) is 4.74 Å². The van der Waals surface area contributed by atoms with E-state index < -0.39 is 6.04 Å². The van der Waals surface area contributed by atoms with Gasteiger partial charge < -0.3 is 15.0 Å². The van der Waals surface area contributed by atoms with Crippen LogP contribution in [0.2, 0.25) is 0 Å². The van der Waals surface area contributed by atoms with E-state index in [1.807, 2.05) is 56.3 Å². The van der Waals surface area contributed by atoms with E-state index in [9.17, 15) is 9.59 Å². The van der Waals surface area contributed by atoms with Crippen LogP contribution >= 0.6 is 0 Å². The smallest absolute Gasteiger partial charge is 0.261 e. The predicted molar refractivity (Wildman–Crippen MR) is 102 cm³/mol. The van der Waals surface area contributed by atoms with Crippen LogP contribution in [-0.4, -0.2) is 35.9 Å². The quantitative estimate of drug-likeness (QED) is 0.793. The molecule has 138 valence electrons. The summed E-state index contributed by atoms with van der Waals surface area (Å²) in [5.74, 6) is 0.229. The van der Waals surface area contributed by atoms with Gasteiger partial charge in [0.1, 0.15) is 11.8 Å². The lowest BCUT2D eigenvalue weighted by Gasteiger charge is -2.29. The second-order valence-corrected chi connectivity index (χ2v) is 6.12. The Morgan fingerprint density at radius 3 is 2.38 bits per heavy atom. The number of carbonyl (C=O) groups is 2.